The summed E-state index contributed by atoms with van der Waals surface area (Å²) in [5.41, 5.74) is -0.702. The van der Waals surface area contributed by atoms with Crippen molar-refractivity contribution in [1.29, 1.82) is 5.26 Å². The summed E-state index contributed by atoms with van der Waals surface area (Å²) in [6, 6.07) is 2.38. The topological polar surface area (TPSA) is 44.0 Å². The molecule has 2 nitrogen and oxygen atoms in total. The van der Waals surface area contributed by atoms with Gasteiger partial charge in [-0.15, -0.1) is 0 Å². The third kappa shape index (κ3) is 1.66. The Hall–Kier alpha value is -0.550. The van der Waals surface area contributed by atoms with Gasteiger partial charge < -0.3 is 5.11 Å². The Bertz CT molecular complexity index is 248. The molecule has 0 radical (unpaired) electrons. The second-order valence-corrected chi connectivity index (χ2v) is 5.71. The normalized spacial score (nSPS) is 35.3. The van der Waals surface area contributed by atoms with Crippen molar-refractivity contribution in [3.05, 3.63) is 0 Å². The summed E-state index contributed by atoms with van der Waals surface area (Å²) < 4.78 is 0. The maximum atomic E-state index is 10.3. The van der Waals surface area contributed by atoms with Gasteiger partial charge in [0.25, 0.3) is 0 Å². The maximum absolute atomic E-state index is 10.3. The van der Waals surface area contributed by atoms with E-state index in [0.717, 1.165) is 19.3 Å². The summed E-state index contributed by atoms with van der Waals surface area (Å²) in [5.74, 6) is 0.321. The molecule has 1 aliphatic rings. The lowest BCUT2D eigenvalue weighted by Gasteiger charge is -2.39. The quantitative estimate of drug-likeness (QED) is 0.699. The van der Waals surface area contributed by atoms with E-state index in [1.807, 2.05) is 20.8 Å². The zero-order valence-corrected chi connectivity index (χ0v) is 9.67. The van der Waals surface area contributed by atoms with E-state index < -0.39 is 11.5 Å². The average molecular weight is 195 g/mol. The lowest BCUT2D eigenvalue weighted by molar-refractivity contribution is -0.0367. The number of aliphatic hydroxyl groups excluding tert-OH is 1. The minimum Gasteiger partial charge on any atom is -0.391 e. The second-order valence-electron chi connectivity index (χ2n) is 5.71. The van der Waals surface area contributed by atoms with Crippen molar-refractivity contribution in [1.82, 2.24) is 0 Å². The van der Waals surface area contributed by atoms with Crippen molar-refractivity contribution in [2.75, 3.05) is 0 Å². The standard InChI is InChI=1S/C12H21NO/c1-9-6-5-7-12(9,8-13)10(14)11(2,3)4/h9-10,14H,5-7H2,1-4H3. The lowest BCUT2D eigenvalue weighted by Crippen LogP contribution is -2.44. The van der Waals surface area contributed by atoms with Crippen LogP contribution in [0.5, 0.6) is 0 Å². The molecule has 1 fully saturated rings. The minimum absolute atomic E-state index is 0.200. The van der Waals surface area contributed by atoms with Crippen LogP contribution in [0.4, 0.5) is 0 Å². The summed E-state index contributed by atoms with van der Waals surface area (Å²) >= 11 is 0. The molecule has 2 heteroatoms. The number of nitriles is 1. The fourth-order valence-corrected chi connectivity index (χ4v) is 2.61. The predicted octanol–water partition coefficient (Wildman–Crippen LogP) is 2.72. The van der Waals surface area contributed by atoms with Crippen LogP contribution in [0, 0.1) is 28.1 Å². The van der Waals surface area contributed by atoms with E-state index >= 15 is 0 Å². The molecular formula is C12H21NO. The predicted molar refractivity (Wildman–Crippen MR) is 56.5 cm³/mol. The molecule has 1 rings (SSSR count). The van der Waals surface area contributed by atoms with Gasteiger partial charge in [0.05, 0.1) is 17.6 Å². The number of rotatable bonds is 1. The number of hydrogen-bond acceptors (Lipinski definition) is 2. The van der Waals surface area contributed by atoms with Crippen LogP contribution in [-0.4, -0.2) is 11.2 Å². The van der Waals surface area contributed by atoms with Crippen LogP contribution in [0.2, 0.25) is 0 Å². The molecular weight excluding hydrogens is 174 g/mol. The van der Waals surface area contributed by atoms with Gasteiger partial charge in [0.1, 0.15) is 0 Å². The number of nitrogens with zero attached hydrogens (tertiary/aromatic N) is 1. The van der Waals surface area contributed by atoms with E-state index in [4.69, 9.17) is 0 Å². The lowest BCUT2D eigenvalue weighted by atomic mass is 9.67. The van der Waals surface area contributed by atoms with Gasteiger partial charge >= 0.3 is 0 Å². The van der Waals surface area contributed by atoms with Crippen LogP contribution in [0.1, 0.15) is 47.0 Å². The van der Waals surface area contributed by atoms with Crippen molar-refractivity contribution in [2.45, 2.75) is 53.1 Å². The zero-order valence-electron chi connectivity index (χ0n) is 9.67. The Morgan fingerprint density at radius 3 is 2.36 bits per heavy atom. The van der Waals surface area contributed by atoms with Crippen molar-refractivity contribution in [3.8, 4) is 6.07 Å². The molecule has 0 aliphatic heterocycles. The van der Waals surface area contributed by atoms with Gasteiger partial charge in [-0.25, -0.2) is 0 Å². The first kappa shape index (κ1) is 11.5. The molecule has 14 heavy (non-hydrogen) atoms. The van der Waals surface area contributed by atoms with Crippen molar-refractivity contribution < 1.29 is 5.11 Å². The van der Waals surface area contributed by atoms with Crippen LogP contribution in [0.3, 0.4) is 0 Å². The summed E-state index contributed by atoms with van der Waals surface area (Å²) in [7, 11) is 0. The molecule has 3 unspecified atom stereocenters. The van der Waals surface area contributed by atoms with Gasteiger partial charge in [0.2, 0.25) is 0 Å². The Morgan fingerprint density at radius 1 is 1.50 bits per heavy atom. The SMILES string of the molecule is CC1CCCC1(C#N)C(O)C(C)(C)C. The van der Waals surface area contributed by atoms with E-state index in [1.54, 1.807) is 0 Å². The first-order valence-corrected chi connectivity index (χ1v) is 5.44. The molecule has 0 aromatic rings. The fourth-order valence-electron chi connectivity index (χ4n) is 2.61. The van der Waals surface area contributed by atoms with Crippen LogP contribution in [0.15, 0.2) is 0 Å². The Morgan fingerprint density at radius 2 is 2.07 bits per heavy atom. The molecule has 0 heterocycles. The van der Waals surface area contributed by atoms with Crippen LogP contribution in [0.25, 0.3) is 0 Å². The van der Waals surface area contributed by atoms with E-state index in [2.05, 4.69) is 13.0 Å². The molecule has 0 aromatic carbocycles. The Kier molecular flexibility index (Phi) is 2.92. The third-order valence-corrected chi connectivity index (χ3v) is 3.62. The average Bonchev–Trinajstić information content (AvgIpc) is 2.45. The molecule has 0 amide bonds. The van der Waals surface area contributed by atoms with Gasteiger partial charge in [0, 0.05) is 0 Å². The van der Waals surface area contributed by atoms with Crippen LogP contribution in [-0.2, 0) is 0 Å². The number of aliphatic hydroxyl groups is 1. The molecule has 0 spiro atoms. The highest BCUT2D eigenvalue weighted by atomic mass is 16.3. The largest absolute Gasteiger partial charge is 0.391 e. The number of hydrogen-bond donors (Lipinski definition) is 1. The van der Waals surface area contributed by atoms with E-state index in [9.17, 15) is 10.4 Å². The summed E-state index contributed by atoms with van der Waals surface area (Å²) in [5, 5.41) is 19.6. The van der Waals surface area contributed by atoms with Gasteiger partial charge in [-0.1, -0.05) is 34.1 Å². The second kappa shape index (κ2) is 3.55. The van der Waals surface area contributed by atoms with Crippen molar-refractivity contribution >= 4 is 0 Å². The molecule has 1 N–H and O–H groups in total. The Labute approximate surface area is 86.9 Å². The highest BCUT2D eigenvalue weighted by Crippen LogP contribution is 2.49. The smallest absolute Gasteiger partial charge is 0.0862 e. The summed E-state index contributed by atoms with van der Waals surface area (Å²) in [4.78, 5) is 0. The Balaban J connectivity index is 2.97. The zero-order chi connectivity index (χ0) is 11.0. The van der Waals surface area contributed by atoms with Gasteiger partial charge in [0.15, 0.2) is 0 Å². The minimum atomic E-state index is -0.516. The molecule has 0 bridgehead atoms. The highest BCUT2D eigenvalue weighted by Gasteiger charge is 2.50. The van der Waals surface area contributed by atoms with Gasteiger partial charge in [-0.2, -0.15) is 5.26 Å². The summed E-state index contributed by atoms with van der Waals surface area (Å²) in [6.07, 6.45) is 2.48. The summed E-state index contributed by atoms with van der Waals surface area (Å²) in [6.45, 7) is 8.09. The molecule has 0 aromatic heterocycles. The van der Waals surface area contributed by atoms with Crippen molar-refractivity contribution in [2.24, 2.45) is 16.7 Å². The first-order valence-electron chi connectivity index (χ1n) is 5.44. The van der Waals surface area contributed by atoms with E-state index in [1.165, 1.54) is 0 Å². The molecule has 3 atom stereocenters. The fraction of sp³-hybridized carbons (Fsp3) is 0.917. The molecule has 1 saturated carbocycles. The third-order valence-electron chi connectivity index (χ3n) is 3.62. The van der Waals surface area contributed by atoms with Crippen molar-refractivity contribution in [3.63, 3.8) is 0 Å². The van der Waals surface area contributed by atoms with E-state index in [0.29, 0.717) is 5.92 Å². The van der Waals surface area contributed by atoms with E-state index in [-0.39, 0.29) is 5.41 Å². The van der Waals surface area contributed by atoms with Crippen LogP contribution >= 0.6 is 0 Å². The highest BCUT2D eigenvalue weighted by molar-refractivity contribution is 5.11. The maximum Gasteiger partial charge on any atom is 0.0862 e. The van der Waals surface area contributed by atoms with Crippen LogP contribution < -0.4 is 0 Å². The molecule has 1 aliphatic carbocycles. The van der Waals surface area contributed by atoms with Gasteiger partial charge in [-0.05, 0) is 24.2 Å². The monoisotopic (exact) mass is 195 g/mol. The van der Waals surface area contributed by atoms with Gasteiger partial charge in [-0.3, -0.25) is 0 Å². The molecule has 80 valence electrons. The first-order chi connectivity index (χ1) is 6.34. The molecule has 0 saturated heterocycles.